The molecule has 2 heterocycles. The molecule has 1 atom stereocenters. The van der Waals surface area contributed by atoms with Crippen molar-refractivity contribution in [1.29, 1.82) is 0 Å². The van der Waals surface area contributed by atoms with E-state index in [0.717, 1.165) is 23.1 Å². The quantitative estimate of drug-likeness (QED) is 0.870. The van der Waals surface area contributed by atoms with Crippen LogP contribution in [-0.2, 0) is 17.6 Å². The van der Waals surface area contributed by atoms with Crippen LogP contribution in [0.5, 0.6) is 0 Å². The topological polar surface area (TPSA) is 75.1 Å². The Labute approximate surface area is 140 Å². The van der Waals surface area contributed by atoms with E-state index in [1.165, 1.54) is 23.3 Å². The van der Waals surface area contributed by atoms with Gasteiger partial charge in [0.15, 0.2) is 0 Å². The summed E-state index contributed by atoms with van der Waals surface area (Å²) in [4.78, 5) is 23.1. The van der Waals surface area contributed by atoms with E-state index in [-0.39, 0.29) is 0 Å². The minimum Gasteiger partial charge on any atom is -0.480 e. The Balaban J connectivity index is 2.05. The molecule has 1 aliphatic rings. The summed E-state index contributed by atoms with van der Waals surface area (Å²) in [6.07, 6.45) is 5.12. The van der Waals surface area contributed by atoms with E-state index < -0.39 is 12.0 Å². The maximum atomic E-state index is 11.6. The molecule has 124 valence electrons. The number of nitrogens with one attached hydrogen (secondary N) is 1. The molecule has 0 aliphatic heterocycles. The van der Waals surface area contributed by atoms with Crippen LogP contribution in [0.15, 0.2) is 0 Å². The lowest BCUT2D eigenvalue weighted by Crippen LogP contribution is -2.31. The normalized spacial score (nSPS) is 15.7. The van der Waals surface area contributed by atoms with Crippen LogP contribution in [0.3, 0.4) is 0 Å². The molecule has 0 saturated heterocycles. The molecule has 0 radical (unpaired) electrons. The van der Waals surface area contributed by atoms with Crippen LogP contribution < -0.4 is 5.32 Å². The van der Waals surface area contributed by atoms with Crippen molar-refractivity contribution < 1.29 is 9.90 Å². The van der Waals surface area contributed by atoms with Crippen LogP contribution >= 0.6 is 11.3 Å². The predicted molar refractivity (Wildman–Crippen MR) is 93.3 cm³/mol. The molecule has 2 aromatic rings. The monoisotopic (exact) mass is 333 g/mol. The van der Waals surface area contributed by atoms with Crippen LogP contribution in [0, 0.1) is 12.8 Å². The second kappa shape index (κ2) is 6.43. The van der Waals surface area contributed by atoms with Crippen LogP contribution in [0.2, 0.25) is 0 Å². The highest BCUT2D eigenvalue weighted by Crippen LogP contribution is 2.38. The van der Waals surface area contributed by atoms with Gasteiger partial charge in [-0.1, -0.05) is 13.8 Å². The fraction of sp³-hybridized carbons (Fsp3) is 0.588. The van der Waals surface area contributed by atoms with Crippen molar-refractivity contribution in [3.63, 3.8) is 0 Å². The summed E-state index contributed by atoms with van der Waals surface area (Å²) in [6, 6.07) is -0.619. The minimum absolute atomic E-state index is 0.304. The lowest BCUT2D eigenvalue weighted by Gasteiger charge is -2.19. The predicted octanol–water partition coefficient (Wildman–Crippen LogP) is 3.79. The van der Waals surface area contributed by atoms with E-state index in [1.54, 1.807) is 11.3 Å². The summed E-state index contributed by atoms with van der Waals surface area (Å²) in [5, 5.41) is 13.7. The maximum absolute atomic E-state index is 11.6. The van der Waals surface area contributed by atoms with Gasteiger partial charge in [-0.05, 0) is 50.5 Å². The lowest BCUT2D eigenvalue weighted by atomic mass is 9.96. The first-order valence-corrected chi connectivity index (χ1v) is 9.05. The van der Waals surface area contributed by atoms with Gasteiger partial charge in [0, 0.05) is 4.88 Å². The number of carboxylic acid groups (broad SMARTS) is 1. The van der Waals surface area contributed by atoms with Crippen molar-refractivity contribution in [2.75, 3.05) is 5.32 Å². The molecule has 0 bridgehead atoms. The molecule has 23 heavy (non-hydrogen) atoms. The Bertz CT molecular complexity index is 739. The van der Waals surface area contributed by atoms with Crippen molar-refractivity contribution >= 4 is 33.3 Å². The summed E-state index contributed by atoms with van der Waals surface area (Å²) in [5.41, 5.74) is 1.33. The van der Waals surface area contributed by atoms with E-state index in [4.69, 9.17) is 0 Å². The van der Waals surface area contributed by atoms with Gasteiger partial charge in [0.1, 0.15) is 22.5 Å². The van der Waals surface area contributed by atoms with Gasteiger partial charge in [-0.2, -0.15) is 0 Å². The van der Waals surface area contributed by atoms with Gasteiger partial charge in [0.2, 0.25) is 0 Å². The molecule has 2 aromatic heterocycles. The molecule has 0 saturated carbocycles. The molecule has 0 fully saturated rings. The Morgan fingerprint density at radius 1 is 1.30 bits per heavy atom. The highest BCUT2D eigenvalue weighted by molar-refractivity contribution is 7.19. The Kier molecular flexibility index (Phi) is 4.53. The van der Waals surface area contributed by atoms with E-state index >= 15 is 0 Å². The van der Waals surface area contributed by atoms with Crippen molar-refractivity contribution in [2.45, 2.75) is 58.9 Å². The Morgan fingerprint density at radius 3 is 2.74 bits per heavy atom. The third kappa shape index (κ3) is 3.32. The fourth-order valence-electron chi connectivity index (χ4n) is 3.23. The first kappa shape index (κ1) is 16.2. The van der Waals surface area contributed by atoms with Gasteiger partial charge in [-0.25, -0.2) is 14.8 Å². The van der Waals surface area contributed by atoms with Crippen molar-refractivity contribution in [3.8, 4) is 0 Å². The number of hydrogen-bond donors (Lipinski definition) is 2. The second-order valence-corrected chi connectivity index (χ2v) is 7.76. The molecule has 6 heteroatoms. The van der Waals surface area contributed by atoms with Gasteiger partial charge in [0.05, 0.1) is 5.39 Å². The average molecular weight is 333 g/mol. The summed E-state index contributed by atoms with van der Waals surface area (Å²) in [5.74, 6) is 0.859. The summed E-state index contributed by atoms with van der Waals surface area (Å²) >= 11 is 1.74. The van der Waals surface area contributed by atoms with Gasteiger partial charge >= 0.3 is 5.97 Å². The summed E-state index contributed by atoms with van der Waals surface area (Å²) in [7, 11) is 0. The number of thiophene rings is 1. The van der Waals surface area contributed by atoms with Crippen LogP contribution in [0.1, 0.15) is 49.4 Å². The number of hydrogen-bond acceptors (Lipinski definition) is 5. The Hall–Kier alpha value is -1.69. The molecule has 1 unspecified atom stereocenters. The van der Waals surface area contributed by atoms with Crippen molar-refractivity contribution in [2.24, 2.45) is 5.92 Å². The summed E-state index contributed by atoms with van der Waals surface area (Å²) < 4.78 is 0. The van der Waals surface area contributed by atoms with Gasteiger partial charge in [-0.15, -0.1) is 11.3 Å². The third-order valence-electron chi connectivity index (χ3n) is 4.24. The van der Waals surface area contributed by atoms with Crippen molar-refractivity contribution in [1.82, 2.24) is 9.97 Å². The zero-order valence-corrected chi connectivity index (χ0v) is 14.7. The average Bonchev–Trinajstić information content (AvgIpc) is 2.83. The van der Waals surface area contributed by atoms with E-state index in [2.05, 4.69) is 15.3 Å². The highest BCUT2D eigenvalue weighted by atomic mass is 32.1. The highest BCUT2D eigenvalue weighted by Gasteiger charge is 2.24. The molecule has 0 amide bonds. The summed E-state index contributed by atoms with van der Waals surface area (Å²) in [6.45, 7) is 5.93. The molecule has 2 N–H and O–H groups in total. The SMILES string of the molecule is Cc1nc(NC(CC(C)C)C(=O)O)c2c3c(sc2n1)CCCC3. The number of carboxylic acids is 1. The van der Waals surface area contributed by atoms with E-state index in [1.807, 2.05) is 20.8 Å². The van der Waals surface area contributed by atoms with Crippen LogP contribution in [0.4, 0.5) is 5.82 Å². The largest absolute Gasteiger partial charge is 0.480 e. The number of aromatic nitrogens is 2. The second-order valence-electron chi connectivity index (χ2n) is 6.68. The number of carbonyl (C=O) groups is 1. The first-order valence-electron chi connectivity index (χ1n) is 8.24. The number of aryl methyl sites for hydroxylation is 3. The number of nitrogens with zero attached hydrogens (tertiary/aromatic N) is 2. The Morgan fingerprint density at radius 2 is 2.04 bits per heavy atom. The molecular formula is C17H23N3O2S. The van der Waals surface area contributed by atoms with E-state index in [0.29, 0.717) is 24.0 Å². The third-order valence-corrected chi connectivity index (χ3v) is 5.43. The molecule has 3 rings (SSSR count). The number of aliphatic carboxylic acids is 1. The van der Waals surface area contributed by atoms with Crippen molar-refractivity contribution in [3.05, 3.63) is 16.3 Å². The lowest BCUT2D eigenvalue weighted by molar-refractivity contribution is -0.138. The molecule has 0 spiro atoms. The molecule has 1 aliphatic carbocycles. The van der Waals surface area contributed by atoms with Gasteiger partial charge in [-0.3, -0.25) is 0 Å². The van der Waals surface area contributed by atoms with Gasteiger partial charge in [0.25, 0.3) is 0 Å². The molecule has 0 aromatic carbocycles. The minimum atomic E-state index is -0.827. The zero-order valence-electron chi connectivity index (χ0n) is 13.8. The zero-order chi connectivity index (χ0) is 16.6. The number of anilines is 1. The first-order chi connectivity index (χ1) is 11.0. The smallest absolute Gasteiger partial charge is 0.326 e. The van der Waals surface area contributed by atoms with E-state index in [9.17, 15) is 9.90 Å². The van der Waals surface area contributed by atoms with Crippen LogP contribution in [0.25, 0.3) is 10.2 Å². The standard InChI is InChI=1S/C17H23N3O2S/c1-9(2)8-12(17(21)22)20-15-14-11-6-4-5-7-13(11)23-16(14)19-10(3)18-15/h9,12H,4-8H2,1-3H3,(H,21,22)(H,18,19,20). The fourth-order valence-corrected chi connectivity index (χ4v) is 4.53. The molecular weight excluding hydrogens is 310 g/mol. The van der Waals surface area contributed by atoms with Crippen LogP contribution in [-0.4, -0.2) is 27.1 Å². The number of fused-ring (bicyclic) bond motifs is 3. The number of rotatable bonds is 5. The maximum Gasteiger partial charge on any atom is 0.326 e. The van der Waals surface area contributed by atoms with Gasteiger partial charge < -0.3 is 10.4 Å². The molecule has 5 nitrogen and oxygen atoms in total.